The van der Waals surface area contributed by atoms with Crippen LogP contribution in [0.5, 0.6) is 0 Å². The molecule has 2 rings (SSSR count). The summed E-state index contributed by atoms with van der Waals surface area (Å²) in [5.74, 6) is -0.378. The van der Waals surface area contributed by atoms with E-state index in [-0.39, 0.29) is 22.5 Å². The number of likely N-dealkylation sites (N-methyl/N-ethyl adjacent to an activating group) is 1. The van der Waals surface area contributed by atoms with Crippen LogP contribution in [0.15, 0.2) is 41.8 Å². The minimum absolute atomic E-state index is 0.0275. The third-order valence-electron chi connectivity index (χ3n) is 3.69. The van der Waals surface area contributed by atoms with Gasteiger partial charge in [0.15, 0.2) is 0 Å². The second-order valence-corrected chi connectivity index (χ2v) is 7.20. The zero-order valence-electron chi connectivity index (χ0n) is 14.2. The van der Waals surface area contributed by atoms with Crippen LogP contribution in [0.25, 0.3) is 6.08 Å². The standard InChI is InChI=1S/C18H18ClF3N2OS/c1-24(2)15(16-4-3-9-26-16)11-23-17(25)8-6-12-5-7-14(19)13(10-12)18(20,21)22/h3-10,15H,11H2,1-2H3,(H,23,25)/b8-6+. The van der Waals surface area contributed by atoms with Crippen LogP contribution < -0.4 is 5.32 Å². The minimum Gasteiger partial charge on any atom is -0.351 e. The number of hydrogen-bond acceptors (Lipinski definition) is 3. The van der Waals surface area contributed by atoms with Crippen LogP contribution in [0, 0.1) is 0 Å². The molecule has 1 aromatic carbocycles. The Kier molecular flexibility index (Phi) is 6.86. The number of nitrogens with one attached hydrogen (secondary N) is 1. The van der Waals surface area contributed by atoms with Crippen molar-refractivity contribution in [2.45, 2.75) is 12.2 Å². The molecule has 3 nitrogen and oxygen atoms in total. The van der Waals surface area contributed by atoms with Crippen molar-refractivity contribution in [3.63, 3.8) is 0 Å². The highest BCUT2D eigenvalue weighted by molar-refractivity contribution is 7.10. The molecule has 1 atom stereocenters. The van der Waals surface area contributed by atoms with Crippen LogP contribution in [-0.2, 0) is 11.0 Å². The fourth-order valence-electron chi connectivity index (χ4n) is 2.31. The molecule has 0 radical (unpaired) electrons. The Balaban J connectivity index is 2.01. The number of nitrogens with zero attached hydrogens (tertiary/aromatic N) is 1. The fourth-order valence-corrected chi connectivity index (χ4v) is 3.46. The monoisotopic (exact) mass is 402 g/mol. The summed E-state index contributed by atoms with van der Waals surface area (Å²) < 4.78 is 38.6. The lowest BCUT2D eigenvalue weighted by atomic mass is 10.1. The molecule has 1 heterocycles. The van der Waals surface area contributed by atoms with Gasteiger partial charge >= 0.3 is 6.18 Å². The van der Waals surface area contributed by atoms with E-state index in [4.69, 9.17) is 11.6 Å². The van der Waals surface area contributed by atoms with E-state index in [1.807, 2.05) is 36.5 Å². The van der Waals surface area contributed by atoms with E-state index in [9.17, 15) is 18.0 Å². The fraction of sp³-hybridized carbons (Fsp3) is 0.278. The van der Waals surface area contributed by atoms with Crippen LogP contribution >= 0.6 is 22.9 Å². The van der Waals surface area contributed by atoms with Gasteiger partial charge in [-0.15, -0.1) is 11.3 Å². The van der Waals surface area contributed by atoms with Crippen LogP contribution in [-0.4, -0.2) is 31.4 Å². The Hall–Kier alpha value is -1.83. The topological polar surface area (TPSA) is 32.3 Å². The van der Waals surface area contributed by atoms with Crippen molar-refractivity contribution in [1.29, 1.82) is 0 Å². The lowest BCUT2D eigenvalue weighted by Crippen LogP contribution is -2.33. The predicted molar refractivity (Wildman–Crippen MR) is 99.2 cm³/mol. The van der Waals surface area contributed by atoms with Gasteiger partial charge in [-0.05, 0) is 49.3 Å². The molecule has 0 aliphatic heterocycles. The molecular weight excluding hydrogens is 385 g/mol. The molecule has 26 heavy (non-hydrogen) atoms. The molecule has 140 valence electrons. The Morgan fingerprint density at radius 2 is 2.08 bits per heavy atom. The average molecular weight is 403 g/mol. The number of rotatable bonds is 6. The maximum atomic E-state index is 12.9. The van der Waals surface area contributed by atoms with Gasteiger partial charge in [0.1, 0.15) is 0 Å². The van der Waals surface area contributed by atoms with Gasteiger partial charge in [-0.25, -0.2) is 0 Å². The normalized spacial score (nSPS) is 13.3. The summed E-state index contributed by atoms with van der Waals surface area (Å²) in [6.45, 7) is 0.394. The van der Waals surface area contributed by atoms with Gasteiger partial charge in [0.25, 0.3) is 0 Å². The minimum atomic E-state index is -4.54. The van der Waals surface area contributed by atoms with Gasteiger partial charge in [-0.3, -0.25) is 4.79 Å². The summed E-state index contributed by atoms with van der Waals surface area (Å²) in [4.78, 5) is 15.1. The van der Waals surface area contributed by atoms with E-state index in [2.05, 4.69) is 5.32 Å². The number of carbonyl (C=O) groups is 1. The zero-order chi connectivity index (χ0) is 19.3. The van der Waals surface area contributed by atoms with Gasteiger partial charge in [0.2, 0.25) is 5.91 Å². The number of thiophene rings is 1. The Labute approximate surface area is 159 Å². The van der Waals surface area contributed by atoms with E-state index in [0.29, 0.717) is 6.54 Å². The molecule has 0 aliphatic rings. The predicted octanol–water partition coefficient (Wildman–Crippen LogP) is 4.85. The highest BCUT2D eigenvalue weighted by Crippen LogP contribution is 2.35. The number of hydrogen-bond donors (Lipinski definition) is 1. The van der Waals surface area contributed by atoms with Crippen molar-refractivity contribution >= 4 is 34.9 Å². The van der Waals surface area contributed by atoms with Gasteiger partial charge < -0.3 is 10.2 Å². The maximum Gasteiger partial charge on any atom is 0.417 e. The quantitative estimate of drug-likeness (QED) is 0.700. The molecule has 1 amide bonds. The van der Waals surface area contributed by atoms with Crippen molar-refractivity contribution < 1.29 is 18.0 Å². The smallest absolute Gasteiger partial charge is 0.351 e. The number of alkyl halides is 3. The first kappa shape index (κ1) is 20.5. The van der Waals surface area contributed by atoms with E-state index in [0.717, 1.165) is 10.9 Å². The van der Waals surface area contributed by atoms with Gasteiger partial charge in [-0.1, -0.05) is 23.7 Å². The number of amides is 1. The van der Waals surface area contributed by atoms with Gasteiger partial charge in [0, 0.05) is 17.5 Å². The van der Waals surface area contributed by atoms with Crippen molar-refractivity contribution in [3.05, 3.63) is 62.8 Å². The van der Waals surface area contributed by atoms with E-state index in [1.165, 1.54) is 24.3 Å². The molecular formula is C18H18ClF3N2OS. The second-order valence-electron chi connectivity index (χ2n) is 5.81. The molecule has 0 bridgehead atoms. The third-order valence-corrected chi connectivity index (χ3v) is 4.99. The van der Waals surface area contributed by atoms with Crippen LogP contribution in [0.1, 0.15) is 22.0 Å². The number of halogens is 4. The number of benzene rings is 1. The lowest BCUT2D eigenvalue weighted by molar-refractivity contribution is -0.137. The average Bonchev–Trinajstić information content (AvgIpc) is 3.07. The zero-order valence-corrected chi connectivity index (χ0v) is 15.8. The number of carbonyl (C=O) groups excluding carboxylic acids is 1. The highest BCUT2D eigenvalue weighted by Gasteiger charge is 2.33. The summed E-state index contributed by atoms with van der Waals surface area (Å²) in [7, 11) is 3.83. The summed E-state index contributed by atoms with van der Waals surface area (Å²) >= 11 is 7.18. The molecule has 8 heteroatoms. The van der Waals surface area contributed by atoms with Crippen LogP contribution in [0.2, 0.25) is 5.02 Å². The van der Waals surface area contributed by atoms with E-state index >= 15 is 0 Å². The molecule has 1 N–H and O–H groups in total. The molecule has 0 saturated heterocycles. The first-order chi connectivity index (χ1) is 12.2. The molecule has 0 saturated carbocycles. The summed E-state index contributed by atoms with van der Waals surface area (Å²) in [5, 5.41) is 4.36. The molecule has 2 aromatic rings. The second kappa shape index (κ2) is 8.70. The Morgan fingerprint density at radius 1 is 1.35 bits per heavy atom. The SMILES string of the molecule is CN(C)C(CNC(=O)/C=C/c1ccc(Cl)c(C(F)(F)F)c1)c1cccs1. The summed E-state index contributed by atoms with van der Waals surface area (Å²) in [5.41, 5.74) is -0.675. The first-order valence-electron chi connectivity index (χ1n) is 7.71. The van der Waals surface area contributed by atoms with Crippen molar-refractivity contribution in [2.24, 2.45) is 0 Å². The molecule has 0 spiro atoms. The highest BCUT2D eigenvalue weighted by atomic mass is 35.5. The van der Waals surface area contributed by atoms with Crippen LogP contribution in [0.3, 0.4) is 0 Å². The molecule has 1 aromatic heterocycles. The maximum absolute atomic E-state index is 12.9. The van der Waals surface area contributed by atoms with Gasteiger partial charge in [-0.2, -0.15) is 13.2 Å². The summed E-state index contributed by atoms with van der Waals surface area (Å²) in [6.07, 6.45) is -2.00. The third kappa shape index (κ3) is 5.59. The molecule has 1 unspecified atom stereocenters. The Morgan fingerprint density at radius 3 is 2.65 bits per heavy atom. The van der Waals surface area contributed by atoms with E-state index < -0.39 is 11.7 Å². The van der Waals surface area contributed by atoms with Crippen LogP contribution in [0.4, 0.5) is 13.2 Å². The van der Waals surface area contributed by atoms with Crippen molar-refractivity contribution in [2.75, 3.05) is 20.6 Å². The first-order valence-corrected chi connectivity index (χ1v) is 8.96. The molecule has 0 aliphatic carbocycles. The van der Waals surface area contributed by atoms with Crippen molar-refractivity contribution in [1.82, 2.24) is 10.2 Å². The Bertz CT molecular complexity index is 773. The van der Waals surface area contributed by atoms with Crippen molar-refractivity contribution in [3.8, 4) is 0 Å². The van der Waals surface area contributed by atoms with Gasteiger partial charge in [0.05, 0.1) is 16.6 Å². The molecule has 0 fully saturated rings. The largest absolute Gasteiger partial charge is 0.417 e. The summed E-state index contributed by atoms with van der Waals surface area (Å²) in [6, 6.07) is 7.47. The van der Waals surface area contributed by atoms with E-state index in [1.54, 1.807) is 11.3 Å². The lowest BCUT2D eigenvalue weighted by Gasteiger charge is -2.23.